The van der Waals surface area contributed by atoms with E-state index in [1.165, 1.54) is 16.2 Å². The average Bonchev–Trinajstić information content (AvgIpc) is 3.54. The van der Waals surface area contributed by atoms with Crippen LogP contribution in [0, 0.1) is 29.6 Å². The van der Waals surface area contributed by atoms with Gasteiger partial charge in [0.25, 0.3) is 0 Å². The van der Waals surface area contributed by atoms with E-state index < -0.39 is 5.97 Å². The Labute approximate surface area is 204 Å². The van der Waals surface area contributed by atoms with Crippen LogP contribution in [0.25, 0.3) is 0 Å². The van der Waals surface area contributed by atoms with Gasteiger partial charge in [0.2, 0.25) is 11.8 Å². The Morgan fingerprint density at radius 3 is 2.68 bits per heavy atom. The third kappa shape index (κ3) is 3.29. The number of hydrogen-bond acceptors (Lipinski definition) is 7. The molecule has 0 unspecified atom stereocenters. The van der Waals surface area contributed by atoms with E-state index in [4.69, 9.17) is 5.11 Å². The first kappa shape index (κ1) is 22.0. The molecule has 3 fully saturated rings. The molecule has 2 aliphatic heterocycles. The highest BCUT2D eigenvalue weighted by Gasteiger charge is 2.69. The summed E-state index contributed by atoms with van der Waals surface area (Å²) in [6.45, 7) is 0.374. The van der Waals surface area contributed by atoms with Crippen molar-refractivity contribution in [2.24, 2.45) is 29.6 Å². The predicted octanol–water partition coefficient (Wildman–Crippen LogP) is 2.95. The number of H-pyrrole nitrogens is 1. The second-order valence-corrected chi connectivity index (χ2v) is 12.0. The van der Waals surface area contributed by atoms with Gasteiger partial charge in [-0.25, -0.2) is 0 Å². The van der Waals surface area contributed by atoms with E-state index in [9.17, 15) is 19.2 Å². The number of aliphatic carboxylic acids is 1. The minimum Gasteiger partial charge on any atom is -0.481 e. The fourth-order valence-electron chi connectivity index (χ4n) is 6.96. The van der Waals surface area contributed by atoms with Gasteiger partial charge in [0.1, 0.15) is 0 Å². The largest absolute Gasteiger partial charge is 0.481 e. The molecule has 0 aromatic carbocycles. The number of thioether (sulfide) groups is 1. The number of carboxylic acids is 1. The topological polar surface area (TPSA) is 120 Å². The summed E-state index contributed by atoms with van der Waals surface area (Å²) in [5.74, 6) is -1.07. The third-order valence-corrected chi connectivity index (χ3v) is 10.7. The second-order valence-electron chi connectivity index (χ2n) is 9.78. The van der Waals surface area contributed by atoms with Gasteiger partial charge in [0, 0.05) is 41.4 Å². The van der Waals surface area contributed by atoms with Crippen LogP contribution in [0.3, 0.4) is 0 Å². The lowest BCUT2D eigenvalue weighted by molar-refractivity contribution is -0.141. The number of likely N-dealkylation sites (tertiary alicyclic amines) is 1. The van der Waals surface area contributed by atoms with Crippen LogP contribution in [-0.4, -0.2) is 49.6 Å². The molecular weight excluding hydrogens is 474 g/mol. The molecular formula is C24H25N3O5S2. The number of imide groups is 1. The van der Waals surface area contributed by atoms with Crippen LogP contribution in [0.2, 0.25) is 0 Å². The number of carbonyl (C=O) groups excluding carboxylic acids is 2. The molecule has 2 aromatic rings. The first-order valence-electron chi connectivity index (χ1n) is 11.8. The van der Waals surface area contributed by atoms with Gasteiger partial charge in [0.05, 0.1) is 16.9 Å². The Kier molecular flexibility index (Phi) is 5.40. The zero-order chi connectivity index (χ0) is 23.6. The lowest BCUT2D eigenvalue weighted by atomic mass is 9.68. The second kappa shape index (κ2) is 8.34. The number of hydrogen-bond donors (Lipinski definition) is 2. The summed E-state index contributed by atoms with van der Waals surface area (Å²) in [7, 11) is 0. The van der Waals surface area contributed by atoms with Crippen LogP contribution in [-0.2, 0) is 14.4 Å². The molecule has 2 aliphatic carbocycles. The summed E-state index contributed by atoms with van der Waals surface area (Å²) in [5.41, 5.74) is 1.06. The summed E-state index contributed by atoms with van der Waals surface area (Å²) in [4.78, 5) is 59.5. The summed E-state index contributed by atoms with van der Waals surface area (Å²) >= 11 is 2.94. The van der Waals surface area contributed by atoms with Gasteiger partial charge in [-0.3, -0.25) is 29.1 Å². The number of carboxylic acid groups (broad SMARTS) is 1. The molecule has 4 heterocycles. The molecule has 6 rings (SSSR count). The first-order chi connectivity index (χ1) is 16.5. The molecule has 10 heteroatoms. The van der Waals surface area contributed by atoms with Crippen LogP contribution in [0.4, 0.5) is 0 Å². The molecule has 7 atom stereocenters. The van der Waals surface area contributed by atoms with Crippen LogP contribution in [0.15, 0.2) is 34.3 Å². The average molecular weight is 500 g/mol. The Morgan fingerprint density at radius 2 is 1.94 bits per heavy atom. The van der Waals surface area contributed by atoms with E-state index in [2.05, 4.69) is 9.97 Å². The van der Waals surface area contributed by atoms with Crippen molar-refractivity contribution in [1.29, 1.82) is 0 Å². The minimum absolute atomic E-state index is 0.00261. The number of unbranched alkanes of at least 4 members (excludes halogenated alkanes) is 2. The molecule has 178 valence electrons. The van der Waals surface area contributed by atoms with E-state index >= 15 is 0 Å². The maximum absolute atomic E-state index is 13.5. The summed E-state index contributed by atoms with van der Waals surface area (Å²) < 4.78 is 0. The van der Waals surface area contributed by atoms with Crippen LogP contribution in [0.5, 0.6) is 0 Å². The van der Waals surface area contributed by atoms with Crippen molar-refractivity contribution >= 4 is 40.9 Å². The van der Waals surface area contributed by atoms with Gasteiger partial charge in [-0.15, -0.1) is 11.8 Å². The maximum Gasteiger partial charge on any atom is 0.305 e. The van der Waals surface area contributed by atoms with Crippen molar-refractivity contribution in [3.05, 3.63) is 44.6 Å². The van der Waals surface area contributed by atoms with E-state index in [0.29, 0.717) is 25.8 Å². The quantitative estimate of drug-likeness (QED) is 0.444. The lowest BCUT2D eigenvalue weighted by Gasteiger charge is -2.42. The van der Waals surface area contributed by atoms with Crippen LogP contribution >= 0.6 is 23.1 Å². The van der Waals surface area contributed by atoms with Crippen LogP contribution < -0.4 is 4.87 Å². The summed E-state index contributed by atoms with van der Waals surface area (Å²) in [5, 5.41) is 9.90. The number of amides is 2. The smallest absolute Gasteiger partial charge is 0.305 e. The molecule has 2 amide bonds. The number of fused-ring (bicyclic) bond motifs is 9. The molecule has 8 nitrogen and oxygen atoms in total. The predicted molar refractivity (Wildman–Crippen MR) is 126 cm³/mol. The molecule has 2 aromatic heterocycles. The third-order valence-electron chi connectivity index (χ3n) is 8.13. The Hall–Kier alpha value is -2.46. The summed E-state index contributed by atoms with van der Waals surface area (Å²) in [6, 6.07) is 3.96. The number of aromatic nitrogens is 2. The molecule has 4 aliphatic rings. The maximum atomic E-state index is 13.5. The van der Waals surface area contributed by atoms with Gasteiger partial charge in [-0.1, -0.05) is 23.8 Å². The fourth-order valence-corrected chi connectivity index (χ4v) is 9.84. The van der Waals surface area contributed by atoms with Gasteiger partial charge >= 0.3 is 10.8 Å². The van der Waals surface area contributed by atoms with Crippen molar-refractivity contribution in [2.45, 2.75) is 48.3 Å². The standard InChI is InChI=1S/C24H25N3O5S2/c28-14(29)6-2-1-3-8-27-22(30)17-12-9-13(18(17)23(27)31)19-16(12)15(11-5-4-7-25-10-11)20-21(33-19)26-24(32)34-20/h4-5,7,10,12-13,15-19H,1-3,6,8-9H2,(H,26,32)(H,28,29)/t12-,13-,15-,16-,17-,18+,19-/m0/s1. The van der Waals surface area contributed by atoms with E-state index in [0.717, 1.165) is 21.9 Å². The molecule has 34 heavy (non-hydrogen) atoms. The van der Waals surface area contributed by atoms with Crippen molar-refractivity contribution in [2.75, 3.05) is 6.54 Å². The lowest BCUT2D eigenvalue weighted by Crippen LogP contribution is -2.42. The van der Waals surface area contributed by atoms with Gasteiger partial charge in [-0.05, 0) is 48.6 Å². The van der Waals surface area contributed by atoms with Crippen LogP contribution in [0.1, 0.15) is 48.5 Å². The SMILES string of the molecule is O=C(O)CCCCCN1C(=O)[C@@H]2[C@@H]3C[C@H]([C@@H]2C1=O)[C@H]1[C@H](c2cccnc2)c2sc(=O)[nH]c2S[C@@H]31. The Balaban J connectivity index is 1.28. The first-order valence-corrected chi connectivity index (χ1v) is 13.5. The summed E-state index contributed by atoms with van der Waals surface area (Å²) in [6.07, 6.45) is 6.46. The van der Waals surface area contributed by atoms with Gasteiger partial charge in [0.15, 0.2) is 0 Å². The van der Waals surface area contributed by atoms with Crippen molar-refractivity contribution in [3.8, 4) is 0 Å². The highest BCUT2D eigenvalue weighted by molar-refractivity contribution is 8.00. The number of nitrogens with one attached hydrogen (secondary N) is 1. The van der Waals surface area contributed by atoms with Crippen molar-refractivity contribution in [3.63, 3.8) is 0 Å². The monoisotopic (exact) mass is 499 g/mol. The molecule has 2 saturated carbocycles. The van der Waals surface area contributed by atoms with Gasteiger partial charge in [-0.2, -0.15) is 0 Å². The zero-order valence-electron chi connectivity index (χ0n) is 18.4. The molecule has 2 N–H and O–H groups in total. The van der Waals surface area contributed by atoms with E-state index in [1.807, 2.05) is 18.3 Å². The van der Waals surface area contributed by atoms with Crippen molar-refractivity contribution in [1.82, 2.24) is 14.9 Å². The molecule has 1 saturated heterocycles. The Morgan fingerprint density at radius 1 is 1.15 bits per heavy atom. The van der Waals surface area contributed by atoms with E-state index in [-0.39, 0.29) is 63.9 Å². The van der Waals surface area contributed by atoms with E-state index in [1.54, 1.807) is 18.0 Å². The Bertz CT molecular complexity index is 1210. The normalized spacial score (nSPS) is 33.2. The molecule has 2 bridgehead atoms. The number of thiazole rings is 1. The van der Waals surface area contributed by atoms with Crippen molar-refractivity contribution < 1.29 is 19.5 Å². The fraction of sp³-hybridized carbons (Fsp3) is 0.542. The molecule has 0 spiro atoms. The number of carbonyl (C=O) groups is 3. The number of rotatable bonds is 7. The number of nitrogens with zero attached hydrogens (tertiary/aromatic N) is 2. The highest BCUT2D eigenvalue weighted by atomic mass is 32.2. The number of pyridine rings is 1. The minimum atomic E-state index is -0.822. The number of aromatic amines is 1. The molecule has 0 radical (unpaired) electrons. The highest BCUT2D eigenvalue weighted by Crippen LogP contribution is 2.68. The zero-order valence-corrected chi connectivity index (χ0v) is 20.0. The van der Waals surface area contributed by atoms with Gasteiger partial charge < -0.3 is 10.1 Å².